The molecule has 110 valence electrons. The largest absolute Gasteiger partial charge is 0.278 e. The molecule has 0 spiro atoms. The summed E-state index contributed by atoms with van der Waals surface area (Å²) < 4.78 is 39.1. The predicted molar refractivity (Wildman–Crippen MR) is 75.3 cm³/mol. The highest BCUT2D eigenvalue weighted by Crippen LogP contribution is 2.28. The average molecular weight is 331 g/mol. The average Bonchev–Trinajstić information content (AvgIpc) is 2.41. The van der Waals surface area contributed by atoms with E-state index in [2.05, 4.69) is 4.72 Å². The van der Waals surface area contributed by atoms with Crippen LogP contribution in [0.5, 0.6) is 0 Å². The molecular formula is C12H8ClFN2O4S. The third kappa shape index (κ3) is 3.47. The number of nitrogens with one attached hydrogen (secondary N) is 1. The fourth-order valence-corrected chi connectivity index (χ4v) is 2.81. The first-order valence-corrected chi connectivity index (χ1v) is 7.38. The zero-order valence-electron chi connectivity index (χ0n) is 10.3. The summed E-state index contributed by atoms with van der Waals surface area (Å²) in [5.41, 5.74) is -0.439. The second kappa shape index (κ2) is 5.66. The molecule has 0 aliphatic rings. The molecule has 2 aromatic rings. The lowest BCUT2D eigenvalue weighted by Crippen LogP contribution is -2.13. The highest BCUT2D eigenvalue weighted by molar-refractivity contribution is 7.92. The van der Waals surface area contributed by atoms with Crippen LogP contribution in [0.2, 0.25) is 5.02 Å². The number of nitrogens with zero attached hydrogens (tertiary/aromatic N) is 1. The van der Waals surface area contributed by atoms with Crippen molar-refractivity contribution in [1.29, 1.82) is 0 Å². The summed E-state index contributed by atoms with van der Waals surface area (Å²) in [6.07, 6.45) is 0. The molecule has 0 saturated heterocycles. The van der Waals surface area contributed by atoms with Crippen molar-refractivity contribution in [2.75, 3.05) is 4.72 Å². The van der Waals surface area contributed by atoms with Crippen LogP contribution in [0.25, 0.3) is 0 Å². The van der Waals surface area contributed by atoms with Crippen molar-refractivity contribution < 1.29 is 17.7 Å². The minimum Gasteiger partial charge on any atom is -0.278 e. The van der Waals surface area contributed by atoms with Gasteiger partial charge in [0, 0.05) is 12.1 Å². The summed E-state index contributed by atoms with van der Waals surface area (Å²) in [6.45, 7) is 0. The molecular weight excluding hydrogens is 323 g/mol. The molecule has 0 saturated carbocycles. The van der Waals surface area contributed by atoms with Gasteiger partial charge in [-0.3, -0.25) is 14.8 Å². The SMILES string of the molecule is O=[N+]([O-])c1ccc(Cl)c(NS(=O)(=O)c2ccc(F)cc2)c1. The molecule has 21 heavy (non-hydrogen) atoms. The van der Waals surface area contributed by atoms with Gasteiger partial charge in [-0.1, -0.05) is 11.6 Å². The van der Waals surface area contributed by atoms with Crippen LogP contribution in [0, 0.1) is 15.9 Å². The Bertz CT molecular complexity index is 793. The van der Waals surface area contributed by atoms with Gasteiger partial charge in [-0.25, -0.2) is 12.8 Å². The van der Waals surface area contributed by atoms with E-state index in [9.17, 15) is 22.9 Å². The van der Waals surface area contributed by atoms with Gasteiger partial charge in [0.05, 0.1) is 20.5 Å². The van der Waals surface area contributed by atoms with Gasteiger partial charge in [0.2, 0.25) is 0 Å². The number of hydrogen-bond donors (Lipinski definition) is 1. The van der Waals surface area contributed by atoms with Crippen molar-refractivity contribution in [2.45, 2.75) is 4.90 Å². The first kappa shape index (κ1) is 15.2. The number of sulfonamides is 1. The Kier molecular flexibility index (Phi) is 4.10. The quantitative estimate of drug-likeness (QED) is 0.688. The van der Waals surface area contributed by atoms with Gasteiger partial charge in [-0.15, -0.1) is 0 Å². The maximum Gasteiger partial charge on any atom is 0.271 e. The highest BCUT2D eigenvalue weighted by Gasteiger charge is 2.18. The molecule has 0 fully saturated rings. The van der Waals surface area contributed by atoms with Crippen molar-refractivity contribution >= 4 is 33.0 Å². The Morgan fingerprint density at radius 1 is 1.14 bits per heavy atom. The van der Waals surface area contributed by atoms with E-state index < -0.39 is 20.8 Å². The maximum absolute atomic E-state index is 12.8. The summed E-state index contributed by atoms with van der Waals surface area (Å²) in [6, 6.07) is 7.49. The highest BCUT2D eigenvalue weighted by atomic mass is 35.5. The summed E-state index contributed by atoms with van der Waals surface area (Å²) in [5, 5.41) is 10.7. The Morgan fingerprint density at radius 3 is 2.33 bits per heavy atom. The van der Waals surface area contributed by atoms with E-state index in [0.29, 0.717) is 0 Å². The standard InChI is InChI=1S/C12H8ClFN2O4S/c13-11-6-3-9(16(17)18)7-12(11)15-21(19,20)10-4-1-8(14)2-5-10/h1-7,15H. The molecule has 0 bridgehead atoms. The molecule has 6 nitrogen and oxygen atoms in total. The van der Waals surface area contributed by atoms with Crippen molar-refractivity contribution in [2.24, 2.45) is 0 Å². The van der Waals surface area contributed by atoms with Gasteiger partial charge in [0.25, 0.3) is 15.7 Å². The first-order chi connectivity index (χ1) is 9.79. The summed E-state index contributed by atoms with van der Waals surface area (Å²) in [5.74, 6) is -0.581. The van der Waals surface area contributed by atoms with Crippen LogP contribution >= 0.6 is 11.6 Å². The lowest BCUT2D eigenvalue weighted by molar-refractivity contribution is -0.384. The second-order valence-electron chi connectivity index (χ2n) is 3.98. The number of halogens is 2. The van der Waals surface area contributed by atoms with Crippen LogP contribution in [-0.2, 0) is 10.0 Å². The molecule has 0 aromatic heterocycles. The number of anilines is 1. The number of nitro groups is 1. The smallest absolute Gasteiger partial charge is 0.271 e. The van der Waals surface area contributed by atoms with Gasteiger partial charge in [-0.2, -0.15) is 0 Å². The van der Waals surface area contributed by atoms with Gasteiger partial charge >= 0.3 is 0 Å². The fraction of sp³-hybridized carbons (Fsp3) is 0. The van der Waals surface area contributed by atoms with Gasteiger partial charge in [0.15, 0.2) is 0 Å². The summed E-state index contributed by atoms with van der Waals surface area (Å²) in [7, 11) is -4.02. The first-order valence-electron chi connectivity index (χ1n) is 5.52. The van der Waals surface area contributed by atoms with Crippen LogP contribution in [0.1, 0.15) is 0 Å². The molecule has 2 rings (SSSR count). The third-order valence-electron chi connectivity index (χ3n) is 2.53. The zero-order valence-corrected chi connectivity index (χ0v) is 11.9. The number of rotatable bonds is 4. The molecule has 0 heterocycles. The summed E-state index contributed by atoms with van der Waals surface area (Å²) >= 11 is 5.81. The molecule has 0 aliphatic heterocycles. The molecule has 0 amide bonds. The number of non-ortho nitro benzene ring substituents is 1. The Morgan fingerprint density at radius 2 is 1.76 bits per heavy atom. The van der Waals surface area contributed by atoms with Crippen LogP contribution in [0.3, 0.4) is 0 Å². The van der Waals surface area contributed by atoms with Crippen molar-refractivity contribution in [3.8, 4) is 0 Å². The van der Waals surface area contributed by atoms with Crippen molar-refractivity contribution in [3.05, 3.63) is 63.4 Å². The minimum absolute atomic E-state index is 0.00582. The van der Waals surface area contributed by atoms with Gasteiger partial charge < -0.3 is 0 Å². The van der Waals surface area contributed by atoms with Crippen LogP contribution in [0.4, 0.5) is 15.8 Å². The van der Waals surface area contributed by atoms with Crippen LogP contribution in [-0.4, -0.2) is 13.3 Å². The van der Waals surface area contributed by atoms with E-state index >= 15 is 0 Å². The van der Waals surface area contributed by atoms with Crippen LogP contribution < -0.4 is 4.72 Å². The van der Waals surface area contributed by atoms with E-state index in [1.807, 2.05) is 0 Å². The lowest BCUT2D eigenvalue weighted by atomic mass is 10.3. The molecule has 1 N–H and O–H groups in total. The third-order valence-corrected chi connectivity index (χ3v) is 4.24. The minimum atomic E-state index is -4.02. The Hall–Kier alpha value is -2.19. The van der Waals surface area contributed by atoms with E-state index in [4.69, 9.17) is 11.6 Å². The normalized spacial score (nSPS) is 11.1. The molecule has 0 atom stereocenters. The van der Waals surface area contributed by atoms with Crippen molar-refractivity contribution in [1.82, 2.24) is 0 Å². The number of hydrogen-bond acceptors (Lipinski definition) is 4. The van der Waals surface area contributed by atoms with E-state index in [-0.39, 0.29) is 21.3 Å². The Balaban J connectivity index is 2.38. The maximum atomic E-state index is 12.8. The monoisotopic (exact) mass is 330 g/mol. The molecule has 0 radical (unpaired) electrons. The fourth-order valence-electron chi connectivity index (χ4n) is 1.52. The van der Waals surface area contributed by atoms with E-state index in [1.54, 1.807) is 0 Å². The van der Waals surface area contributed by atoms with Gasteiger partial charge in [-0.05, 0) is 30.3 Å². The molecule has 0 unspecified atom stereocenters. The van der Waals surface area contributed by atoms with Crippen molar-refractivity contribution in [3.63, 3.8) is 0 Å². The Labute approximate surface area is 124 Å². The predicted octanol–water partition coefficient (Wildman–Crippen LogP) is 3.19. The van der Waals surface area contributed by atoms with E-state index in [0.717, 1.165) is 36.4 Å². The molecule has 0 aliphatic carbocycles. The molecule has 9 heteroatoms. The second-order valence-corrected chi connectivity index (χ2v) is 6.07. The number of nitro benzene ring substituents is 1. The van der Waals surface area contributed by atoms with E-state index in [1.165, 1.54) is 6.07 Å². The number of benzene rings is 2. The van der Waals surface area contributed by atoms with Crippen LogP contribution in [0.15, 0.2) is 47.4 Å². The summed E-state index contributed by atoms with van der Waals surface area (Å²) in [4.78, 5) is 9.82. The lowest BCUT2D eigenvalue weighted by Gasteiger charge is -2.09. The topological polar surface area (TPSA) is 89.3 Å². The molecule has 2 aromatic carbocycles. The zero-order chi connectivity index (χ0) is 15.6. The van der Waals surface area contributed by atoms with Gasteiger partial charge in [0.1, 0.15) is 5.82 Å².